The fourth-order valence-corrected chi connectivity index (χ4v) is 2.40. The van der Waals surface area contributed by atoms with E-state index in [-0.39, 0.29) is 11.8 Å². The summed E-state index contributed by atoms with van der Waals surface area (Å²) in [4.78, 5) is 11.1. The number of fused-ring (bicyclic) bond motifs is 1. The maximum atomic E-state index is 11.1. The molecule has 94 valence electrons. The van der Waals surface area contributed by atoms with Crippen molar-refractivity contribution in [1.82, 2.24) is 9.78 Å². The van der Waals surface area contributed by atoms with Crippen molar-refractivity contribution in [3.05, 3.63) is 30.0 Å². The van der Waals surface area contributed by atoms with Gasteiger partial charge in [-0.15, -0.1) is 0 Å². The van der Waals surface area contributed by atoms with Gasteiger partial charge in [-0.05, 0) is 31.4 Å². The van der Waals surface area contributed by atoms with Crippen LogP contribution < -0.4 is 0 Å². The predicted molar refractivity (Wildman–Crippen MR) is 65.5 cm³/mol. The number of aromatic carboxylic acids is 1. The van der Waals surface area contributed by atoms with Crippen LogP contribution in [0.1, 0.15) is 35.8 Å². The molecule has 0 aliphatic carbocycles. The van der Waals surface area contributed by atoms with E-state index in [0.29, 0.717) is 5.39 Å². The summed E-state index contributed by atoms with van der Waals surface area (Å²) < 4.78 is 7.48. The number of nitrogens with zero attached hydrogens (tertiary/aromatic N) is 2. The van der Waals surface area contributed by atoms with E-state index in [4.69, 9.17) is 9.84 Å². The first kappa shape index (κ1) is 11.2. The largest absolute Gasteiger partial charge is 0.478 e. The number of ether oxygens (including phenoxy) is 1. The molecule has 2 aromatic rings. The van der Waals surface area contributed by atoms with Crippen LogP contribution in [0.4, 0.5) is 0 Å². The Bertz CT molecular complexity index is 585. The highest BCUT2D eigenvalue weighted by atomic mass is 16.5. The third-order valence-corrected chi connectivity index (χ3v) is 3.30. The van der Waals surface area contributed by atoms with E-state index in [2.05, 4.69) is 5.10 Å². The molecular weight excluding hydrogens is 232 g/mol. The Morgan fingerprint density at radius 3 is 3.06 bits per heavy atom. The van der Waals surface area contributed by atoms with Crippen molar-refractivity contribution in [2.45, 2.75) is 25.5 Å². The molecule has 0 amide bonds. The van der Waals surface area contributed by atoms with Gasteiger partial charge in [0.25, 0.3) is 0 Å². The van der Waals surface area contributed by atoms with Gasteiger partial charge in [-0.3, -0.25) is 0 Å². The minimum atomic E-state index is -0.926. The first-order valence-electron chi connectivity index (χ1n) is 6.08. The third-order valence-electron chi connectivity index (χ3n) is 3.30. The average molecular weight is 246 g/mol. The quantitative estimate of drug-likeness (QED) is 0.883. The molecule has 0 saturated carbocycles. The zero-order valence-corrected chi connectivity index (χ0v) is 9.87. The van der Waals surface area contributed by atoms with Crippen LogP contribution in [0.2, 0.25) is 0 Å². The van der Waals surface area contributed by atoms with Crippen molar-refractivity contribution in [3.8, 4) is 0 Å². The summed E-state index contributed by atoms with van der Waals surface area (Å²) in [6, 6.07) is 5.22. The minimum Gasteiger partial charge on any atom is -0.478 e. The van der Waals surface area contributed by atoms with Crippen LogP contribution in [-0.4, -0.2) is 27.5 Å². The Labute approximate surface area is 104 Å². The lowest BCUT2D eigenvalue weighted by Gasteiger charge is -2.23. The van der Waals surface area contributed by atoms with E-state index < -0.39 is 5.97 Å². The third kappa shape index (κ3) is 1.76. The highest BCUT2D eigenvalue weighted by Crippen LogP contribution is 2.27. The molecule has 5 heteroatoms. The summed E-state index contributed by atoms with van der Waals surface area (Å²) >= 11 is 0. The molecule has 1 fully saturated rings. The van der Waals surface area contributed by atoms with Crippen LogP contribution >= 0.6 is 0 Å². The van der Waals surface area contributed by atoms with Gasteiger partial charge in [0.05, 0.1) is 17.3 Å². The lowest BCUT2D eigenvalue weighted by molar-refractivity contribution is -0.0366. The molecule has 0 unspecified atom stereocenters. The van der Waals surface area contributed by atoms with Gasteiger partial charge in [-0.1, -0.05) is 6.07 Å². The molecule has 1 aliphatic heterocycles. The first-order valence-corrected chi connectivity index (χ1v) is 6.08. The normalized spacial score (nSPS) is 20.1. The molecule has 0 radical (unpaired) electrons. The Hall–Kier alpha value is -1.88. The van der Waals surface area contributed by atoms with Gasteiger partial charge in [0.15, 0.2) is 6.23 Å². The highest BCUT2D eigenvalue weighted by molar-refractivity contribution is 6.02. The topological polar surface area (TPSA) is 64.3 Å². The molecule has 1 N–H and O–H groups in total. The lowest BCUT2D eigenvalue weighted by Crippen LogP contribution is -2.18. The molecule has 3 rings (SSSR count). The fraction of sp³-hybridized carbons (Fsp3) is 0.385. The number of hydrogen-bond acceptors (Lipinski definition) is 3. The fourth-order valence-electron chi connectivity index (χ4n) is 2.40. The van der Waals surface area contributed by atoms with Gasteiger partial charge in [0.1, 0.15) is 0 Å². The Balaban J connectivity index is 2.08. The zero-order chi connectivity index (χ0) is 12.5. The number of carboxylic acids is 1. The number of aromatic nitrogens is 2. The van der Waals surface area contributed by atoms with Crippen LogP contribution in [-0.2, 0) is 4.74 Å². The zero-order valence-electron chi connectivity index (χ0n) is 9.87. The second-order valence-electron chi connectivity index (χ2n) is 4.45. The number of rotatable bonds is 2. The summed E-state index contributed by atoms with van der Waals surface area (Å²) in [5.41, 5.74) is 1.11. The minimum absolute atomic E-state index is 0.0692. The van der Waals surface area contributed by atoms with Gasteiger partial charge >= 0.3 is 5.97 Å². The molecule has 1 aromatic heterocycles. The second kappa shape index (κ2) is 4.42. The summed E-state index contributed by atoms with van der Waals surface area (Å²) in [5.74, 6) is -0.926. The van der Waals surface area contributed by atoms with E-state index >= 15 is 0 Å². The Morgan fingerprint density at radius 1 is 1.44 bits per heavy atom. The summed E-state index contributed by atoms with van der Waals surface area (Å²) in [5, 5.41) is 14.1. The van der Waals surface area contributed by atoms with Crippen molar-refractivity contribution in [2.24, 2.45) is 0 Å². The standard InChI is InChI=1S/C13H14N2O3/c16-13(17)9-4-3-5-11-10(9)8-14-15(11)12-6-1-2-7-18-12/h3-5,8,12H,1-2,6-7H2,(H,16,17)/t12-/m0/s1. The lowest BCUT2D eigenvalue weighted by atomic mass is 10.1. The molecule has 1 atom stereocenters. The molecule has 18 heavy (non-hydrogen) atoms. The maximum absolute atomic E-state index is 11.1. The predicted octanol–water partition coefficient (Wildman–Crippen LogP) is 2.43. The molecular formula is C13H14N2O3. The van der Waals surface area contributed by atoms with E-state index in [0.717, 1.165) is 31.4 Å². The van der Waals surface area contributed by atoms with Crippen molar-refractivity contribution in [1.29, 1.82) is 0 Å². The SMILES string of the molecule is O=C(O)c1cccc2c1cnn2[C@@H]1CCCCO1. The molecule has 1 aromatic carbocycles. The van der Waals surface area contributed by atoms with Crippen LogP contribution in [0.15, 0.2) is 24.4 Å². The summed E-state index contributed by atoms with van der Waals surface area (Å²) in [6.45, 7) is 0.741. The van der Waals surface area contributed by atoms with E-state index in [1.807, 2.05) is 6.07 Å². The van der Waals surface area contributed by atoms with Crippen LogP contribution in [0.5, 0.6) is 0 Å². The van der Waals surface area contributed by atoms with Gasteiger partial charge in [0, 0.05) is 12.0 Å². The van der Waals surface area contributed by atoms with Gasteiger partial charge < -0.3 is 9.84 Å². The molecule has 1 saturated heterocycles. The molecule has 1 aliphatic rings. The number of carboxylic acid groups (broad SMARTS) is 1. The summed E-state index contributed by atoms with van der Waals surface area (Å²) in [7, 11) is 0. The number of hydrogen-bond donors (Lipinski definition) is 1. The monoisotopic (exact) mass is 246 g/mol. The summed E-state index contributed by atoms with van der Waals surface area (Å²) in [6.07, 6.45) is 4.66. The van der Waals surface area contributed by atoms with Gasteiger partial charge in [0.2, 0.25) is 0 Å². The molecule has 2 heterocycles. The highest BCUT2D eigenvalue weighted by Gasteiger charge is 2.20. The first-order chi connectivity index (χ1) is 8.77. The second-order valence-corrected chi connectivity index (χ2v) is 4.45. The Kier molecular flexibility index (Phi) is 2.76. The number of carbonyl (C=O) groups is 1. The van der Waals surface area contributed by atoms with Crippen molar-refractivity contribution in [3.63, 3.8) is 0 Å². The van der Waals surface area contributed by atoms with Crippen molar-refractivity contribution >= 4 is 16.9 Å². The molecule has 0 spiro atoms. The van der Waals surface area contributed by atoms with Gasteiger partial charge in [-0.2, -0.15) is 5.10 Å². The van der Waals surface area contributed by atoms with Gasteiger partial charge in [-0.25, -0.2) is 9.48 Å². The molecule has 5 nitrogen and oxygen atoms in total. The van der Waals surface area contributed by atoms with Crippen LogP contribution in [0.25, 0.3) is 10.9 Å². The van der Waals surface area contributed by atoms with Crippen LogP contribution in [0, 0.1) is 0 Å². The number of benzene rings is 1. The smallest absolute Gasteiger partial charge is 0.336 e. The van der Waals surface area contributed by atoms with E-state index in [9.17, 15) is 4.79 Å². The molecule has 0 bridgehead atoms. The van der Waals surface area contributed by atoms with Crippen LogP contribution in [0.3, 0.4) is 0 Å². The maximum Gasteiger partial charge on any atom is 0.336 e. The van der Waals surface area contributed by atoms with E-state index in [1.54, 1.807) is 23.0 Å². The average Bonchev–Trinajstić information content (AvgIpc) is 2.83. The Morgan fingerprint density at radius 2 is 2.33 bits per heavy atom. The van der Waals surface area contributed by atoms with Crippen molar-refractivity contribution in [2.75, 3.05) is 6.61 Å². The van der Waals surface area contributed by atoms with Crippen molar-refractivity contribution < 1.29 is 14.6 Å². The van der Waals surface area contributed by atoms with E-state index in [1.165, 1.54) is 0 Å².